The Bertz CT molecular complexity index is 42.2. The molecule has 0 aliphatic heterocycles. The van der Waals surface area contributed by atoms with Crippen molar-refractivity contribution in [2.45, 2.75) is 0 Å². The fraction of sp³-hybridized carbons (Fsp3) is 1.00. The van der Waals surface area contributed by atoms with Crippen LogP contribution in [0.4, 0.5) is 0 Å². The molecule has 1 atom stereocenters. The van der Waals surface area contributed by atoms with Gasteiger partial charge in [-0.3, -0.25) is 0 Å². The average Bonchev–Trinajstić information content (AvgIpc) is 1.38. The zero-order valence-electron chi connectivity index (χ0n) is 2.71. The zero-order valence-corrected chi connectivity index (χ0v) is 3.61. The van der Waals surface area contributed by atoms with Gasteiger partial charge in [0.05, 0.1) is 7.11 Å². The van der Waals surface area contributed by atoms with E-state index in [9.17, 15) is 4.57 Å². The van der Waals surface area contributed by atoms with Gasteiger partial charge in [0, 0.05) is 4.57 Å². The van der Waals surface area contributed by atoms with Gasteiger partial charge < -0.3 is 0 Å². The first-order chi connectivity index (χ1) is 2.27. The van der Waals surface area contributed by atoms with Crippen LogP contribution in [-0.4, -0.2) is 12.0 Å². The monoisotopic (exact) mass is 95.0 g/mol. The Morgan fingerprint density at radius 1 is 2.00 bits per heavy atom. The highest BCUT2D eigenvalue weighted by Gasteiger charge is 2.02. The largest absolute Gasteiger partial charge is 0.694 e. The minimum absolute atomic E-state index is 1.17. The SMILES string of the molecule is CO[P+](=O)O. The van der Waals surface area contributed by atoms with E-state index >= 15 is 0 Å². The fourth-order valence-corrected chi connectivity index (χ4v) is 0. The van der Waals surface area contributed by atoms with E-state index in [4.69, 9.17) is 4.89 Å². The maximum absolute atomic E-state index is 9.29. The van der Waals surface area contributed by atoms with E-state index in [2.05, 4.69) is 4.52 Å². The lowest BCUT2D eigenvalue weighted by Crippen LogP contribution is -1.57. The first-order valence-corrected chi connectivity index (χ1v) is 2.10. The summed E-state index contributed by atoms with van der Waals surface area (Å²) in [6, 6.07) is 0. The second-order valence-electron chi connectivity index (χ2n) is 0.420. The summed E-state index contributed by atoms with van der Waals surface area (Å²) in [4.78, 5) is 7.65. The van der Waals surface area contributed by atoms with Gasteiger partial charge in [-0.1, -0.05) is 0 Å². The second kappa shape index (κ2) is 2.27. The van der Waals surface area contributed by atoms with Gasteiger partial charge in [0.1, 0.15) is 0 Å². The van der Waals surface area contributed by atoms with Gasteiger partial charge in [-0.05, 0) is 0 Å². The molecule has 0 radical (unpaired) electrons. The molecule has 0 aliphatic rings. The van der Waals surface area contributed by atoms with Gasteiger partial charge in [-0.2, -0.15) is 0 Å². The van der Waals surface area contributed by atoms with Crippen molar-refractivity contribution in [3.8, 4) is 0 Å². The Morgan fingerprint density at radius 2 is 2.20 bits per heavy atom. The Hall–Kier alpha value is 0.0200. The molecule has 0 amide bonds. The average molecular weight is 95.0 g/mol. The summed E-state index contributed by atoms with van der Waals surface area (Å²) >= 11 is 0. The van der Waals surface area contributed by atoms with Gasteiger partial charge in [-0.15, -0.1) is 9.42 Å². The molecule has 1 N–H and O–H groups in total. The van der Waals surface area contributed by atoms with Gasteiger partial charge in [0.25, 0.3) is 0 Å². The van der Waals surface area contributed by atoms with Crippen molar-refractivity contribution in [1.82, 2.24) is 0 Å². The van der Waals surface area contributed by atoms with E-state index in [1.807, 2.05) is 0 Å². The van der Waals surface area contributed by atoms with Crippen molar-refractivity contribution >= 4 is 8.25 Å². The molecular weight excluding hydrogens is 91.0 g/mol. The van der Waals surface area contributed by atoms with Crippen molar-refractivity contribution in [2.24, 2.45) is 0 Å². The lowest BCUT2D eigenvalue weighted by Gasteiger charge is -1.55. The van der Waals surface area contributed by atoms with Crippen LogP contribution in [0.25, 0.3) is 0 Å². The van der Waals surface area contributed by atoms with Crippen LogP contribution in [0.1, 0.15) is 0 Å². The van der Waals surface area contributed by atoms with E-state index in [-0.39, 0.29) is 0 Å². The number of hydrogen-bond acceptors (Lipinski definition) is 2. The van der Waals surface area contributed by atoms with Crippen molar-refractivity contribution in [3.05, 3.63) is 0 Å². The smallest absolute Gasteiger partial charge is 0.133 e. The lowest BCUT2D eigenvalue weighted by molar-refractivity contribution is 0.343. The van der Waals surface area contributed by atoms with Crippen molar-refractivity contribution in [3.63, 3.8) is 0 Å². The van der Waals surface area contributed by atoms with Crippen LogP contribution in [0.15, 0.2) is 0 Å². The Labute approximate surface area is 30.5 Å². The zero-order chi connectivity index (χ0) is 4.28. The number of rotatable bonds is 1. The topological polar surface area (TPSA) is 46.5 Å². The minimum atomic E-state index is -2.35. The summed E-state index contributed by atoms with van der Waals surface area (Å²) in [5.74, 6) is 0. The van der Waals surface area contributed by atoms with Gasteiger partial charge in [0.2, 0.25) is 0 Å². The molecule has 1 unspecified atom stereocenters. The van der Waals surface area contributed by atoms with E-state index in [1.54, 1.807) is 0 Å². The number of hydrogen-bond donors (Lipinski definition) is 1. The second-order valence-corrected chi connectivity index (χ2v) is 1.26. The molecule has 0 rings (SSSR count). The molecule has 0 aromatic carbocycles. The predicted molar refractivity (Wildman–Crippen MR) is 16.8 cm³/mol. The highest BCUT2D eigenvalue weighted by molar-refractivity contribution is 7.32. The third kappa shape index (κ3) is 4.02. The first-order valence-electron chi connectivity index (χ1n) is 0.973. The minimum Gasteiger partial charge on any atom is -0.133 e. The maximum Gasteiger partial charge on any atom is 0.694 e. The van der Waals surface area contributed by atoms with Crippen molar-refractivity contribution in [1.29, 1.82) is 0 Å². The van der Waals surface area contributed by atoms with Crippen LogP contribution in [-0.2, 0) is 9.09 Å². The molecule has 0 heterocycles. The molecule has 0 bridgehead atoms. The van der Waals surface area contributed by atoms with E-state index in [0.717, 1.165) is 0 Å². The Balaban J connectivity index is 2.85. The van der Waals surface area contributed by atoms with Crippen molar-refractivity contribution < 1.29 is 14.0 Å². The summed E-state index contributed by atoms with van der Waals surface area (Å²) in [5, 5.41) is 0. The summed E-state index contributed by atoms with van der Waals surface area (Å²) in [7, 11) is -1.18. The van der Waals surface area contributed by atoms with Gasteiger partial charge in [0.15, 0.2) is 0 Å². The lowest BCUT2D eigenvalue weighted by atomic mass is 11.8. The first kappa shape index (κ1) is 5.02. The highest BCUT2D eigenvalue weighted by atomic mass is 31.1. The van der Waals surface area contributed by atoms with Crippen LogP contribution in [0, 0.1) is 0 Å². The fourth-order valence-electron chi connectivity index (χ4n) is 0. The Morgan fingerprint density at radius 3 is 2.20 bits per heavy atom. The van der Waals surface area contributed by atoms with Crippen LogP contribution in [0.3, 0.4) is 0 Å². The van der Waals surface area contributed by atoms with E-state index in [0.29, 0.717) is 0 Å². The molecule has 5 heavy (non-hydrogen) atoms. The molecule has 3 nitrogen and oxygen atoms in total. The summed E-state index contributed by atoms with van der Waals surface area (Å²) in [5.41, 5.74) is 0. The molecule has 0 aliphatic carbocycles. The van der Waals surface area contributed by atoms with Gasteiger partial charge in [-0.25, -0.2) is 0 Å². The van der Waals surface area contributed by atoms with Crippen molar-refractivity contribution in [2.75, 3.05) is 7.11 Å². The van der Waals surface area contributed by atoms with Crippen LogP contribution < -0.4 is 0 Å². The summed E-state index contributed by atoms with van der Waals surface area (Å²) < 4.78 is 13.1. The molecule has 0 spiro atoms. The van der Waals surface area contributed by atoms with Gasteiger partial charge >= 0.3 is 8.25 Å². The van der Waals surface area contributed by atoms with E-state index in [1.165, 1.54) is 7.11 Å². The highest BCUT2D eigenvalue weighted by Crippen LogP contribution is 2.09. The van der Waals surface area contributed by atoms with Crippen LogP contribution in [0.5, 0.6) is 0 Å². The maximum atomic E-state index is 9.29. The predicted octanol–water partition coefficient (Wildman–Crippen LogP) is 0.282. The van der Waals surface area contributed by atoms with Crippen LogP contribution in [0.2, 0.25) is 0 Å². The molecular formula is CH4O3P+. The molecule has 0 aromatic heterocycles. The van der Waals surface area contributed by atoms with E-state index < -0.39 is 8.25 Å². The standard InChI is InChI=1S/CH3O3P/c1-4-5(2)3/h1H3/p+1. The normalized spacial score (nSPS) is 11.2. The molecule has 0 saturated heterocycles. The summed E-state index contributed by atoms with van der Waals surface area (Å²) in [6.07, 6.45) is 0. The molecule has 4 heteroatoms. The molecule has 0 aromatic rings. The van der Waals surface area contributed by atoms with Crippen LogP contribution >= 0.6 is 8.25 Å². The molecule has 0 fully saturated rings. The Kier molecular flexibility index (Phi) is 2.28. The molecule has 0 saturated carbocycles. The molecule has 30 valence electrons. The quantitative estimate of drug-likeness (QED) is 0.476. The third-order valence-electron chi connectivity index (χ3n) is 0.156. The third-order valence-corrected chi connectivity index (χ3v) is 0.469. The summed E-state index contributed by atoms with van der Waals surface area (Å²) in [6.45, 7) is 0.